The van der Waals surface area contributed by atoms with Gasteiger partial charge < -0.3 is 9.21 Å². The number of likely N-dealkylation sites (tertiary alicyclic amines) is 1. The number of hydrogen-bond donors (Lipinski definition) is 0. The maximum absolute atomic E-state index is 10.9. The largest absolute Gasteiger partial charge is 0.419 e. The molecule has 3 heterocycles. The smallest absolute Gasteiger partial charge is 0.257 e. The lowest BCUT2D eigenvalue weighted by Crippen LogP contribution is -2.35. The van der Waals surface area contributed by atoms with E-state index in [1.54, 1.807) is 11.3 Å². The van der Waals surface area contributed by atoms with Crippen LogP contribution in [0.1, 0.15) is 18.7 Å². The van der Waals surface area contributed by atoms with Crippen LogP contribution >= 0.6 is 27.3 Å². The summed E-state index contributed by atoms with van der Waals surface area (Å²) >= 11 is 4.98. The number of thiophene rings is 1. The van der Waals surface area contributed by atoms with Gasteiger partial charge in [-0.3, -0.25) is 4.90 Å². The fourth-order valence-corrected chi connectivity index (χ4v) is 3.69. The number of carbonyl (C=O) groups is 1. The van der Waals surface area contributed by atoms with Crippen molar-refractivity contribution in [3.05, 3.63) is 21.8 Å². The van der Waals surface area contributed by atoms with Crippen molar-refractivity contribution in [1.82, 2.24) is 15.1 Å². The Morgan fingerprint density at radius 1 is 1.50 bits per heavy atom. The Bertz CT molecular complexity index is 598. The summed E-state index contributed by atoms with van der Waals surface area (Å²) in [6.07, 6.45) is 3.08. The van der Waals surface area contributed by atoms with Gasteiger partial charge in [0, 0.05) is 12.5 Å². The van der Waals surface area contributed by atoms with Crippen molar-refractivity contribution in [3.8, 4) is 10.8 Å². The lowest BCUT2D eigenvalue weighted by atomic mass is 10.00. The lowest BCUT2D eigenvalue weighted by Gasteiger charge is -2.28. The molecule has 1 atom stereocenters. The van der Waals surface area contributed by atoms with Crippen LogP contribution in [0, 0.1) is 5.92 Å². The van der Waals surface area contributed by atoms with Crippen LogP contribution in [-0.2, 0) is 11.3 Å². The molecule has 20 heavy (non-hydrogen) atoms. The summed E-state index contributed by atoms with van der Waals surface area (Å²) in [7, 11) is 0. The van der Waals surface area contributed by atoms with E-state index < -0.39 is 0 Å². The lowest BCUT2D eigenvalue weighted by molar-refractivity contribution is -0.112. The summed E-state index contributed by atoms with van der Waals surface area (Å²) < 4.78 is 6.73. The first kappa shape index (κ1) is 13.9. The molecule has 0 spiro atoms. The number of aldehydes is 1. The molecule has 1 aliphatic heterocycles. The Morgan fingerprint density at radius 3 is 3.15 bits per heavy atom. The van der Waals surface area contributed by atoms with Crippen LogP contribution in [0.15, 0.2) is 20.3 Å². The zero-order valence-corrected chi connectivity index (χ0v) is 13.2. The molecule has 0 aromatic carbocycles. The predicted molar refractivity (Wildman–Crippen MR) is 79.4 cm³/mol. The molecule has 0 bridgehead atoms. The summed E-state index contributed by atoms with van der Waals surface area (Å²) in [5.41, 5.74) is 0. The van der Waals surface area contributed by atoms with E-state index in [-0.39, 0.29) is 5.92 Å². The van der Waals surface area contributed by atoms with Gasteiger partial charge >= 0.3 is 0 Å². The quantitative estimate of drug-likeness (QED) is 0.789. The summed E-state index contributed by atoms with van der Waals surface area (Å²) in [6, 6.07) is 3.92. The van der Waals surface area contributed by atoms with Crippen molar-refractivity contribution in [3.63, 3.8) is 0 Å². The molecule has 7 heteroatoms. The third-order valence-electron chi connectivity index (χ3n) is 3.34. The number of rotatable bonds is 4. The minimum Gasteiger partial charge on any atom is -0.419 e. The van der Waals surface area contributed by atoms with E-state index in [1.165, 1.54) is 0 Å². The van der Waals surface area contributed by atoms with Crippen LogP contribution < -0.4 is 0 Å². The average Bonchev–Trinajstić information content (AvgIpc) is 3.08. The van der Waals surface area contributed by atoms with Crippen molar-refractivity contribution in [1.29, 1.82) is 0 Å². The molecule has 1 fully saturated rings. The second kappa shape index (κ2) is 6.15. The van der Waals surface area contributed by atoms with Gasteiger partial charge in [-0.15, -0.1) is 21.5 Å². The Hall–Kier alpha value is -1.05. The second-order valence-electron chi connectivity index (χ2n) is 4.88. The van der Waals surface area contributed by atoms with Crippen molar-refractivity contribution in [2.45, 2.75) is 19.4 Å². The summed E-state index contributed by atoms with van der Waals surface area (Å²) in [6.45, 7) is 2.38. The van der Waals surface area contributed by atoms with Crippen LogP contribution in [0.4, 0.5) is 0 Å². The zero-order chi connectivity index (χ0) is 13.9. The molecule has 5 nitrogen and oxygen atoms in total. The molecule has 0 radical (unpaired) electrons. The van der Waals surface area contributed by atoms with Gasteiger partial charge in [-0.25, -0.2) is 0 Å². The Morgan fingerprint density at radius 2 is 2.40 bits per heavy atom. The molecule has 2 aromatic rings. The van der Waals surface area contributed by atoms with Gasteiger partial charge in [0.15, 0.2) is 0 Å². The molecule has 106 valence electrons. The molecule has 1 saturated heterocycles. The molecule has 0 N–H and O–H groups in total. The van der Waals surface area contributed by atoms with Crippen LogP contribution in [0.3, 0.4) is 0 Å². The Kier molecular flexibility index (Phi) is 4.28. The van der Waals surface area contributed by atoms with Crippen LogP contribution in [0.2, 0.25) is 0 Å². The van der Waals surface area contributed by atoms with Gasteiger partial charge in [0.25, 0.3) is 5.89 Å². The standard InChI is InChI=1S/C13H14BrN3O2S/c14-11-4-3-10(20-11)13-16-15-12(19-13)7-17-5-1-2-9(6-17)8-18/h3-4,8-9H,1-2,5-7H2. The zero-order valence-electron chi connectivity index (χ0n) is 10.8. The Balaban J connectivity index is 1.66. The minimum atomic E-state index is 0.138. The maximum Gasteiger partial charge on any atom is 0.257 e. The van der Waals surface area contributed by atoms with E-state index in [4.69, 9.17) is 4.42 Å². The monoisotopic (exact) mass is 355 g/mol. The third-order valence-corrected chi connectivity index (χ3v) is 4.96. The number of aromatic nitrogens is 2. The molecule has 1 unspecified atom stereocenters. The summed E-state index contributed by atoms with van der Waals surface area (Å²) in [5.74, 6) is 1.30. The van der Waals surface area contributed by atoms with E-state index in [9.17, 15) is 4.79 Å². The molecular formula is C13H14BrN3O2S. The highest BCUT2D eigenvalue weighted by Crippen LogP contribution is 2.30. The highest BCUT2D eigenvalue weighted by molar-refractivity contribution is 9.11. The van der Waals surface area contributed by atoms with Gasteiger partial charge in [0.1, 0.15) is 6.29 Å². The third kappa shape index (κ3) is 3.16. The molecule has 1 aliphatic rings. The van der Waals surface area contributed by atoms with E-state index in [0.29, 0.717) is 18.3 Å². The SMILES string of the molecule is O=CC1CCCN(Cc2nnc(-c3ccc(Br)s3)o2)C1. The van der Waals surface area contributed by atoms with Crippen LogP contribution in [-0.4, -0.2) is 34.5 Å². The number of piperidine rings is 1. The van der Waals surface area contributed by atoms with E-state index in [0.717, 1.165) is 40.9 Å². The molecule has 0 amide bonds. The van der Waals surface area contributed by atoms with Crippen molar-refractivity contribution in [2.75, 3.05) is 13.1 Å². The van der Waals surface area contributed by atoms with Crippen LogP contribution in [0.25, 0.3) is 10.8 Å². The summed E-state index contributed by atoms with van der Waals surface area (Å²) in [4.78, 5) is 14.0. The van der Waals surface area contributed by atoms with E-state index in [2.05, 4.69) is 31.0 Å². The topological polar surface area (TPSA) is 59.2 Å². The molecule has 0 aliphatic carbocycles. The fourth-order valence-electron chi connectivity index (χ4n) is 2.38. The van der Waals surface area contributed by atoms with Crippen molar-refractivity contribution < 1.29 is 9.21 Å². The first-order chi connectivity index (χ1) is 9.74. The predicted octanol–water partition coefficient (Wildman–Crippen LogP) is 2.97. The first-order valence-electron chi connectivity index (χ1n) is 6.50. The Labute approximate surface area is 129 Å². The van der Waals surface area contributed by atoms with Gasteiger partial charge in [-0.05, 0) is 47.4 Å². The highest BCUT2D eigenvalue weighted by Gasteiger charge is 2.21. The second-order valence-corrected chi connectivity index (χ2v) is 7.34. The number of nitrogens with zero attached hydrogens (tertiary/aromatic N) is 3. The van der Waals surface area contributed by atoms with Crippen molar-refractivity contribution >= 4 is 33.6 Å². The van der Waals surface area contributed by atoms with Gasteiger partial charge in [0.2, 0.25) is 5.89 Å². The number of hydrogen-bond acceptors (Lipinski definition) is 6. The van der Waals surface area contributed by atoms with Crippen molar-refractivity contribution in [2.24, 2.45) is 5.92 Å². The molecule has 2 aromatic heterocycles. The average molecular weight is 356 g/mol. The normalized spacial score (nSPS) is 20.1. The molecule has 0 saturated carbocycles. The number of carbonyl (C=O) groups excluding carboxylic acids is 1. The molecular weight excluding hydrogens is 342 g/mol. The fraction of sp³-hybridized carbons (Fsp3) is 0.462. The van der Waals surface area contributed by atoms with Crippen LogP contribution in [0.5, 0.6) is 0 Å². The van der Waals surface area contributed by atoms with Gasteiger partial charge in [-0.1, -0.05) is 0 Å². The highest BCUT2D eigenvalue weighted by atomic mass is 79.9. The van der Waals surface area contributed by atoms with Gasteiger partial charge in [-0.2, -0.15) is 0 Å². The van der Waals surface area contributed by atoms with Gasteiger partial charge in [0.05, 0.1) is 15.2 Å². The minimum absolute atomic E-state index is 0.138. The van der Waals surface area contributed by atoms with E-state index >= 15 is 0 Å². The first-order valence-corrected chi connectivity index (χ1v) is 8.11. The maximum atomic E-state index is 10.9. The summed E-state index contributed by atoms with van der Waals surface area (Å²) in [5, 5.41) is 8.17. The number of halogens is 1. The van der Waals surface area contributed by atoms with E-state index in [1.807, 2.05) is 12.1 Å². The molecule has 3 rings (SSSR count).